The third-order valence-electron chi connectivity index (χ3n) is 5.25. The van der Waals surface area contributed by atoms with Crippen LogP contribution < -0.4 is 0 Å². The molecule has 2 aromatic carbocycles. The van der Waals surface area contributed by atoms with Gasteiger partial charge in [-0.2, -0.15) is 0 Å². The Morgan fingerprint density at radius 3 is 2.50 bits per heavy atom. The molecule has 2 heterocycles. The van der Waals surface area contributed by atoms with Crippen molar-refractivity contribution in [1.82, 2.24) is 19.9 Å². The van der Waals surface area contributed by atoms with Crippen LogP contribution in [0.15, 0.2) is 66.0 Å². The summed E-state index contributed by atoms with van der Waals surface area (Å²) in [5.41, 5.74) is 2.65. The SMILES string of the molecule is Cc1ccc(Cl)c(CSc2nc(-c3ccc(F)cc3)[nH]c2C(=O)N(C)Cc2ccncc2)c1F. The molecule has 1 amide bonds. The van der Waals surface area contributed by atoms with E-state index >= 15 is 0 Å². The molecule has 0 spiro atoms. The van der Waals surface area contributed by atoms with Gasteiger partial charge in [0.05, 0.1) is 0 Å². The normalized spacial score (nSPS) is 11.0. The van der Waals surface area contributed by atoms with E-state index in [1.165, 1.54) is 23.9 Å². The molecule has 174 valence electrons. The van der Waals surface area contributed by atoms with Gasteiger partial charge in [0.1, 0.15) is 28.2 Å². The minimum absolute atomic E-state index is 0.189. The van der Waals surface area contributed by atoms with Gasteiger partial charge in [-0.05, 0) is 60.5 Å². The zero-order chi connectivity index (χ0) is 24.2. The molecule has 2 aromatic heterocycles. The Morgan fingerprint density at radius 2 is 1.79 bits per heavy atom. The number of benzene rings is 2. The van der Waals surface area contributed by atoms with Crippen LogP contribution in [0, 0.1) is 18.6 Å². The molecule has 0 unspecified atom stereocenters. The Bertz CT molecular complexity index is 1310. The van der Waals surface area contributed by atoms with Crippen LogP contribution in [0.3, 0.4) is 0 Å². The highest BCUT2D eigenvalue weighted by Crippen LogP contribution is 2.33. The lowest BCUT2D eigenvalue weighted by Gasteiger charge is -2.17. The van der Waals surface area contributed by atoms with Crippen molar-refractivity contribution >= 4 is 29.3 Å². The van der Waals surface area contributed by atoms with Gasteiger partial charge in [-0.1, -0.05) is 29.4 Å². The van der Waals surface area contributed by atoms with Gasteiger partial charge in [0.25, 0.3) is 5.91 Å². The maximum absolute atomic E-state index is 14.7. The number of pyridine rings is 1. The van der Waals surface area contributed by atoms with Gasteiger partial charge < -0.3 is 9.88 Å². The number of carbonyl (C=O) groups excluding carboxylic acids is 1. The molecule has 0 aliphatic rings. The number of nitrogens with one attached hydrogen (secondary N) is 1. The minimum atomic E-state index is -0.378. The lowest BCUT2D eigenvalue weighted by molar-refractivity contribution is 0.0776. The number of aromatic nitrogens is 3. The van der Waals surface area contributed by atoms with E-state index in [-0.39, 0.29) is 29.0 Å². The zero-order valence-corrected chi connectivity index (χ0v) is 20.1. The summed E-state index contributed by atoms with van der Waals surface area (Å²) in [5.74, 6) is -0.427. The summed E-state index contributed by atoms with van der Waals surface area (Å²) in [7, 11) is 1.69. The molecule has 0 radical (unpaired) electrons. The number of carbonyl (C=O) groups is 1. The van der Waals surface area contributed by atoms with Crippen LogP contribution in [0.2, 0.25) is 5.02 Å². The third-order valence-corrected chi connectivity index (χ3v) is 6.61. The highest BCUT2D eigenvalue weighted by Gasteiger charge is 2.23. The number of aryl methyl sites for hydroxylation is 1. The Kier molecular flexibility index (Phi) is 7.29. The lowest BCUT2D eigenvalue weighted by Crippen LogP contribution is -2.27. The van der Waals surface area contributed by atoms with Gasteiger partial charge in [0, 0.05) is 47.9 Å². The number of amides is 1. The highest BCUT2D eigenvalue weighted by atomic mass is 35.5. The Labute approximate surface area is 205 Å². The van der Waals surface area contributed by atoms with E-state index in [1.54, 1.807) is 55.5 Å². The molecule has 0 atom stereocenters. The summed E-state index contributed by atoms with van der Waals surface area (Å²) in [6.07, 6.45) is 3.33. The first-order valence-corrected chi connectivity index (χ1v) is 11.8. The number of H-pyrrole nitrogens is 1. The fraction of sp³-hybridized carbons (Fsp3) is 0.160. The van der Waals surface area contributed by atoms with Crippen LogP contribution in [0.4, 0.5) is 8.78 Å². The van der Waals surface area contributed by atoms with Gasteiger partial charge in [-0.15, -0.1) is 0 Å². The quantitative estimate of drug-likeness (QED) is 0.305. The first-order chi connectivity index (χ1) is 16.3. The minimum Gasteiger partial charge on any atom is -0.336 e. The molecule has 34 heavy (non-hydrogen) atoms. The van der Waals surface area contributed by atoms with Crippen molar-refractivity contribution < 1.29 is 13.6 Å². The average molecular weight is 499 g/mol. The molecule has 4 rings (SSSR count). The lowest BCUT2D eigenvalue weighted by atomic mass is 10.1. The van der Waals surface area contributed by atoms with Crippen LogP contribution >= 0.6 is 23.4 Å². The maximum atomic E-state index is 14.7. The van der Waals surface area contributed by atoms with Crippen molar-refractivity contribution in [1.29, 1.82) is 0 Å². The van der Waals surface area contributed by atoms with E-state index in [4.69, 9.17) is 11.6 Å². The van der Waals surface area contributed by atoms with Crippen molar-refractivity contribution in [3.05, 3.63) is 100.0 Å². The van der Waals surface area contributed by atoms with Crippen LogP contribution in [-0.4, -0.2) is 32.8 Å². The Morgan fingerprint density at radius 1 is 1.09 bits per heavy atom. The van der Waals surface area contributed by atoms with E-state index in [9.17, 15) is 13.6 Å². The van der Waals surface area contributed by atoms with Gasteiger partial charge in [0.15, 0.2) is 0 Å². The summed E-state index contributed by atoms with van der Waals surface area (Å²) in [6.45, 7) is 2.04. The third kappa shape index (κ3) is 5.29. The molecule has 0 saturated carbocycles. The van der Waals surface area contributed by atoms with Gasteiger partial charge in [0.2, 0.25) is 0 Å². The second-order valence-corrected chi connectivity index (χ2v) is 9.11. The van der Waals surface area contributed by atoms with E-state index < -0.39 is 0 Å². The zero-order valence-electron chi connectivity index (χ0n) is 18.5. The van der Waals surface area contributed by atoms with Crippen LogP contribution in [-0.2, 0) is 12.3 Å². The van der Waals surface area contributed by atoms with E-state index in [0.29, 0.717) is 39.1 Å². The largest absolute Gasteiger partial charge is 0.336 e. The fourth-order valence-corrected chi connectivity index (χ4v) is 4.66. The van der Waals surface area contributed by atoms with E-state index in [2.05, 4.69) is 15.0 Å². The number of hydrogen-bond donors (Lipinski definition) is 1. The van der Waals surface area contributed by atoms with Crippen molar-refractivity contribution in [2.24, 2.45) is 0 Å². The van der Waals surface area contributed by atoms with E-state index in [1.807, 2.05) is 12.1 Å². The number of nitrogens with zero attached hydrogens (tertiary/aromatic N) is 3. The molecule has 4 aromatic rings. The second-order valence-electron chi connectivity index (χ2n) is 7.73. The predicted molar refractivity (Wildman–Crippen MR) is 130 cm³/mol. The molecule has 1 N–H and O–H groups in total. The van der Waals surface area contributed by atoms with Crippen molar-refractivity contribution in [2.75, 3.05) is 7.05 Å². The molecule has 0 aliphatic heterocycles. The summed E-state index contributed by atoms with van der Waals surface area (Å²) in [4.78, 5) is 26.5. The molecule has 0 fully saturated rings. The van der Waals surface area contributed by atoms with E-state index in [0.717, 1.165) is 5.56 Å². The maximum Gasteiger partial charge on any atom is 0.273 e. The predicted octanol–water partition coefficient (Wildman–Crippen LogP) is 6.28. The van der Waals surface area contributed by atoms with Crippen LogP contribution in [0.1, 0.15) is 27.2 Å². The molecule has 0 saturated heterocycles. The number of aromatic amines is 1. The Hall–Kier alpha value is -3.23. The molecular weight excluding hydrogens is 478 g/mol. The first kappa shape index (κ1) is 23.9. The molecule has 0 aliphatic carbocycles. The molecule has 9 heteroatoms. The van der Waals surface area contributed by atoms with Crippen molar-refractivity contribution in [3.8, 4) is 11.4 Å². The second kappa shape index (κ2) is 10.4. The number of hydrogen-bond acceptors (Lipinski definition) is 4. The topological polar surface area (TPSA) is 61.9 Å². The van der Waals surface area contributed by atoms with Crippen molar-refractivity contribution in [2.45, 2.75) is 24.2 Å². The molecular formula is C25H21ClF2N4OS. The van der Waals surface area contributed by atoms with Crippen molar-refractivity contribution in [3.63, 3.8) is 0 Å². The summed E-state index contributed by atoms with van der Waals surface area (Å²) in [6, 6.07) is 12.7. The standard InChI is InChI=1S/C25H21ClF2N4OS/c1-15-3-8-20(26)19(21(15)28)14-34-24-22(25(33)32(2)13-16-9-11-29-12-10-16)30-23(31-24)17-4-6-18(27)7-5-17/h3-12H,13-14H2,1-2H3,(H,30,31). The number of imidazole rings is 1. The molecule has 0 bridgehead atoms. The van der Waals surface area contributed by atoms with Gasteiger partial charge in [-0.3, -0.25) is 9.78 Å². The van der Waals surface area contributed by atoms with Gasteiger partial charge >= 0.3 is 0 Å². The smallest absolute Gasteiger partial charge is 0.273 e. The van der Waals surface area contributed by atoms with Gasteiger partial charge in [-0.25, -0.2) is 13.8 Å². The number of rotatable bonds is 7. The van der Waals surface area contributed by atoms with Crippen LogP contribution in [0.5, 0.6) is 0 Å². The highest BCUT2D eigenvalue weighted by molar-refractivity contribution is 7.98. The monoisotopic (exact) mass is 498 g/mol. The van der Waals surface area contributed by atoms with Crippen LogP contribution in [0.25, 0.3) is 11.4 Å². The fourth-order valence-electron chi connectivity index (χ4n) is 3.36. The Balaban J connectivity index is 1.65. The number of thioether (sulfide) groups is 1. The first-order valence-electron chi connectivity index (χ1n) is 10.4. The number of halogens is 3. The summed E-state index contributed by atoms with van der Waals surface area (Å²) >= 11 is 7.44. The summed E-state index contributed by atoms with van der Waals surface area (Å²) in [5, 5.41) is 0.718. The average Bonchev–Trinajstić information content (AvgIpc) is 3.26. The summed E-state index contributed by atoms with van der Waals surface area (Å²) < 4.78 is 28.1. The molecule has 5 nitrogen and oxygen atoms in total.